The largest absolute Gasteiger partial charge is 0.0654 e. The highest BCUT2D eigenvalue weighted by molar-refractivity contribution is 5.41. The van der Waals surface area contributed by atoms with Crippen LogP contribution < -0.4 is 0 Å². The minimum Gasteiger partial charge on any atom is -0.0654 e. The molecule has 0 aliphatic rings. The lowest BCUT2D eigenvalue weighted by Gasteiger charge is -2.39. The summed E-state index contributed by atoms with van der Waals surface area (Å²) in [5, 5.41) is 0. The Morgan fingerprint density at radius 2 is 1.04 bits per heavy atom. The van der Waals surface area contributed by atoms with Gasteiger partial charge in [-0.3, -0.25) is 0 Å². The molecule has 0 aliphatic heterocycles. The number of rotatable bonds is 7. The topological polar surface area (TPSA) is 0 Å². The molecule has 2 aromatic carbocycles. The summed E-state index contributed by atoms with van der Waals surface area (Å²) in [4.78, 5) is 0. The highest BCUT2D eigenvalue weighted by Crippen LogP contribution is 2.43. The van der Waals surface area contributed by atoms with Crippen LogP contribution in [0, 0.1) is 19.8 Å². The summed E-state index contributed by atoms with van der Waals surface area (Å²) in [5.41, 5.74) is 5.68. The molecule has 0 nitrogen and oxygen atoms in total. The molecule has 0 spiro atoms. The van der Waals surface area contributed by atoms with E-state index in [1.807, 2.05) is 0 Å². The van der Waals surface area contributed by atoms with E-state index in [1.165, 1.54) is 47.9 Å². The lowest BCUT2D eigenvalue weighted by atomic mass is 9.64. The lowest BCUT2D eigenvalue weighted by Crippen LogP contribution is -2.33. The molecule has 0 unspecified atom stereocenters. The van der Waals surface area contributed by atoms with Crippen LogP contribution in [0.4, 0.5) is 0 Å². The van der Waals surface area contributed by atoms with Crippen LogP contribution in [0.2, 0.25) is 0 Å². The van der Waals surface area contributed by atoms with Crippen LogP contribution >= 0.6 is 0 Å². The van der Waals surface area contributed by atoms with Gasteiger partial charge in [0.25, 0.3) is 0 Å². The van der Waals surface area contributed by atoms with Gasteiger partial charge in [-0.2, -0.15) is 0 Å². The van der Waals surface area contributed by atoms with E-state index in [-0.39, 0.29) is 5.41 Å². The van der Waals surface area contributed by atoms with E-state index in [9.17, 15) is 0 Å². The van der Waals surface area contributed by atoms with Gasteiger partial charge in [-0.1, -0.05) is 93.3 Å². The first-order valence-electron chi connectivity index (χ1n) is 9.16. The summed E-state index contributed by atoms with van der Waals surface area (Å²) in [6.07, 6.45) is 5.06. The molecule has 0 aromatic heterocycles. The van der Waals surface area contributed by atoms with Gasteiger partial charge in [-0.25, -0.2) is 0 Å². The molecule has 23 heavy (non-hydrogen) atoms. The van der Waals surface area contributed by atoms with Gasteiger partial charge < -0.3 is 0 Å². The molecule has 2 aromatic rings. The van der Waals surface area contributed by atoms with Crippen LogP contribution in [0.5, 0.6) is 0 Å². The molecular formula is C23H32. The third kappa shape index (κ3) is 3.86. The quantitative estimate of drug-likeness (QED) is 0.526. The zero-order valence-corrected chi connectivity index (χ0v) is 15.5. The maximum absolute atomic E-state index is 2.46. The fourth-order valence-corrected chi connectivity index (χ4v) is 3.86. The molecular weight excluding hydrogens is 276 g/mol. The van der Waals surface area contributed by atoms with Crippen molar-refractivity contribution >= 4 is 0 Å². The van der Waals surface area contributed by atoms with E-state index in [2.05, 4.69) is 83.1 Å². The fraction of sp³-hybridized carbons (Fsp3) is 0.478. The average Bonchev–Trinajstić information content (AvgIpc) is 2.55. The molecule has 0 saturated carbocycles. The van der Waals surface area contributed by atoms with E-state index >= 15 is 0 Å². The molecule has 124 valence electrons. The van der Waals surface area contributed by atoms with E-state index in [0.29, 0.717) is 5.92 Å². The summed E-state index contributed by atoms with van der Waals surface area (Å²) in [5.74, 6) is 0.683. The summed E-state index contributed by atoms with van der Waals surface area (Å²) in [6, 6.07) is 18.4. The first kappa shape index (κ1) is 17.8. The van der Waals surface area contributed by atoms with Crippen molar-refractivity contribution in [2.24, 2.45) is 5.92 Å². The Bertz CT molecular complexity index is 537. The standard InChI is InChI=1S/C23H32/c1-6-8-20(9-7-2)23(5,21-14-10-18(3)11-15-21)22-16-12-19(4)13-17-22/h10-17,20H,6-9H2,1-5H3. The van der Waals surface area contributed by atoms with Crippen LogP contribution in [0.3, 0.4) is 0 Å². The Morgan fingerprint density at radius 1 is 0.696 bits per heavy atom. The van der Waals surface area contributed by atoms with Gasteiger partial charge >= 0.3 is 0 Å². The SMILES string of the molecule is CCCC(CCC)C(C)(c1ccc(C)cc1)c1ccc(C)cc1. The van der Waals surface area contributed by atoms with Crippen molar-refractivity contribution in [1.82, 2.24) is 0 Å². The van der Waals surface area contributed by atoms with E-state index in [1.54, 1.807) is 0 Å². The molecule has 0 aliphatic carbocycles. The van der Waals surface area contributed by atoms with Crippen LogP contribution in [-0.4, -0.2) is 0 Å². The minimum atomic E-state index is 0.0907. The van der Waals surface area contributed by atoms with Gasteiger partial charge in [0.2, 0.25) is 0 Å². The van der Waals surface area contributed by atoms with Gasteiger partial charge in [0.15, 0.2) is 0 Å². The minimum absolute atomic E-state index is 0.0907. The summed E-state index contributed by atoms with van der Waals surface area (Å²) in [6.45, 7) is 11.4. The zero-order chi connectivity index (χ0) is 16.9. The highest BCUT2D eigenvalue weighted by Gasteiger charge is 2.36. The van der Waals surface area contributed by atoms with Gasteiger partial charge in [-0.05, 0) is 43.7 Å². The van der Waals surface area contributed by atoms with Crippen LogP contribution in [-0.2, 0) is 5.41 Å². The first-order valence-corrected chi connectivity index (χ1v) is 9.16. The van der Waals surface area contributed by atoms with Gasteiger partial charge in [-0.15, -0.1) is 0 Å². The maximum Gasteiger partial charge on any atom is 0.0202 e. The molecule has 0 amide bonds. The molecule has 0 radical (unpaired) electrons. The number of aryl methyl sites for hydroxylation is 2. The summed E-state index contributed by atoms with van der Waals surface area (Å²) >= 11 is 0. The molecule has 0 atom stereocenters. The predicted octanol–water partition coefficient (Wildman–Crippen LogP) is 6.83. The Balaban J connectivity index is 2.56. The molecule has 0 N–H and O–H groups in total. The molecule has 0 bridgehead atoms. The Labute approximate surface area is 143 Å². The second kappa shape index (κ2) is 7.81. The number of benzene rings is 2. The number of hydrogen-bond donors (Lipinski definition) is 0. The van der Waals surface area contributed by atoms with Crippen molar-refractivity contribution in [2.45, 2.75) is 65.7 Å². The summed E-state index contributed by atoms with van der Waals surface area (Å²) in [7, 11) is 0. The normalized spacial score (nSPS) is 11.9. The average molecular weight is 309 g/mol. The van der Waals surface area contributed by atoms with Crippen LogP contribution in [0.25, 0.3) is 0 Å². The Morgan fingerprint density at radius 3 is 1.35 bits per heavy atom. The van der Waals surface area contributed by atoms with Crippen molar-refractivity contribution in [2.75, 3.05) is 0 Å². The first-order chi connectivity index (χ1) is 11.0. The summed E-state index contributed by atoms with van der Waals surface area (Å²) < 4.78 is 0. The third-order valence-corrected chi connectivity index (χ3v) is 5.39. The van der Waals surface area contributed by atoms with E-state index in [0.717, 1.165) is 0 Å². The zero-order valence-electron chi connectivity index (χ0n) is 15.5. The second-order valence-corrected chi connectivity index (χ2v) is 7.21. The van der Waals surface area contributed by atoms with E-state index < -0.39 is 0 Å². The molecule has 0 saturated heterocycles. The van der Waals surface area contributed by atoms with E-state index in [4.69, 9.17) is 0 Å². The third-order valence-electron chi connectivity index (χ3n) is 5.39. The Kier molecular flexibility index (Phi) is 6.04. The van der Waals surface area contributed by atoms with Crippen LogP contribution in [0.1, 0.15) is 68.7 Å². The van der Waals surface area contributed by atoms with Gasteiger partial charge in [0.1, 0.15) is 0 Å². The van der Waals surface area contributed by atoms with Gasteiger partial charge in [0, 0.05) is 5.41 Å². The van der Waals surface area contributed by atoms with Crippen molar-refractivity contribution in [3.05, 3.63) is 70.8 Å². The highest BCUT2D eigenvalue weighted by atomic mass is 14.4. The van der Waals surface area contributed by atoms with Gasteiger partial charge in [0.05, 0.1) is 0 Å². The number of hydrogen-bond acceptors (Lipinski definition) is 0. The molecule has 2 rings (SSSR count). The lowest BCUT2D eigenvalue weighted by molar-refractivity contribution is 0.298. The smallest absolute Gasteiger partial charge is 0.0202 e. The second-order valence-electron chi connectivity index (χ2n) is 7.21. The maximum atomic E-state index is 2.46. The Hall–Kier alpha value is -1.56. The van der Waals surface area contributed by atoms with Crippen molar-refractivity contribution in [3.8, 4) is 0 Å². The molecule has 0 heterocycles. The fourth-order valence-electron chi connectivity index (χ4n) is 3.86. The van der Waals surface area contributed by atoms with Crippen molar-refractivity contribution in [1.29, 1.82) is 0 Å². The van der Waals surface area contributed by atoms with Crippen LogP contribution in [0.15, 0.2) is 48.5 Å². The molecule has 0 fully saturated rings. The van der Waals surface area contributed by atoms with Crippen molar-refractivity contribution in [3.63, 3.8) is 0 Å². The monoisotopic (exact) mass is 308 g/mol. The predicted molar refractivity (Wildman–Crippen MR) is 102 cm³/mol. The van der Waals surface area contributed by atoms with Crippen molar-refractivity contribution < 1.29 is 0 Å². The molecule has 0 heteroatoms.